The second-order valence-electron chi connectivity index (χ2n) is 5.25. The number of hydrogen-bond acceptors (Lipinski definition) is 4. The summed E-state index contributed by atoms with van der Waals surface area (Å²) in [5.74, 6) is -0.413. The fourth-order valence-corrected chi connectivity index (χ4v) is 2.75. The van der Waals surface area contributed by atoms with Crippen LogP contribution in [0.4, 0.5) is 15.8 Å². The van der Waals surface area contributed by atoms with Crippen LogP contribution < -0.4 is 4.90 Å². The van der Waals surface area contributed by atoms with Crippen LogP contribution in [-0.4, -0.2) is 28.7 Å². The fourth-order valence-electron chi connectivity index (χ4n) is 2.59. The minimum Gasteiger partial charge on any atom is -0.386 e. The number of aliphatic hydroxyl groups is 1. The van der Waals surface area contributed by atoms with E-state index in [-0.39, 0.29) is 22.3 Å². The molecular weight excluding hydrogens is 275 g/mol. The van der Waals surface area contributed by atoms with E-state index >= 15 is 0 Å². The molecule has 1 aliphatic heterocycles. The van der Waals surface area contributed by atoms with Crippen molar-refractivity contribution in [3.8, 4) is 0 Å². The van der Waals surface area contributed by atoms with E-state index in [9.17, 15) is 19.6 Å². The molecule has 0 unspecified atom stereocenters. The standard InChI is InChI=1S/C12H12ClFN2O3/c13-8-3-11(16(18)19)10(4-9(8)14)15-5-12(17,6-15)7-1-2-7/h3-4,7,17H,1-2,5-6H2. The Morgan fingerprint density at radius 2 is 2.11 bits per heavy atom. The van der Waals surface area contributed by atoms with Crippen LogP contribution in [-0.2, 0) is 0 Å². The minimum atomic E-state index is -0.774. The van der Waals surface area contributed by atoms with Gasteiger partial charge in [0.2, 0.25) is 0 Å². The van der Waals surface area contributed by atoms with Gasteiger partial charge >= 0.3 is 0 Å². The number of halogens is 2. The number of nitrogens with zero attached hydrogens (tertiary/aromatic N) is 2. The summed E-state index contributed by atoms with van der Waals surface area (Å²) in [4.78, 5) is 12.0. The molecule has 1 heterocycles. The molecule has 0 bridgehead atoms. The Hall–Kier alpha value is -1.40. The second kappa shape index (κ2) is 4.05. The predicted molar refractivity (Wildman–Crippen MR) is 68.0 cm³/mol. The summed E-state index contributed by atoms with van der Waals surface area (Å²) in [6.07, 6.45) is 1.98. The second-order valence-corrected chi connectivity index (χ2v) is 5.65. The third-order valence-corrected chi connectivity index (χ3v) is 4.11. The lowest BCUT2D eigenvalue weighted by Gasteiger charge is -2.48. The highest BCUT2D eigenvalue weighted by Gasteiger charge is 2.52. The zero-order valence-electron chi connectivity index (χ0n) is 9.97. The molecule has 1 saturated carbocycles. The van der Waals surface area contributed by atoms with Gasteiger partial charge in [-0.25, -0.2) is 4.39 Å². The highest BCUT2D eigenvalue weighted by atomic mass is 35.5. The molecule has 2 fully saturated rings. The van der Waals surface area contributed by atoms with Crippen LogP contribution in [0.1, 0.15) is 12.8 Å². The van der Waals surface area contributed by atoms with E-state index in [1.54, 1.807) is 4.90 Å². The molecular formula is C12H12ClFN2O3. The molecule has 102 valence electrons. The van der Waals surface area contributed by atoms with Crippen molar-refractivity contribution in [2.75, 3.05) is 18.0 Å². The van der Waals surface area contributed by atoms with Crippen molar-refractivity contribution in [3.05, 3.63) is 33.1 Å². The summed E-state index contributed by atoms with van der Waals surface area (Å²) in [6.45, 7) is 0.610. The van der Waals surface area contributed by atoms with Gasteiger partial charge in [-0.1, -0.05) is 11.6 Å². The summed E-state index contributed by atoms with van der Waals surface area (Å²) in [7, 11) is 0. The lowest BCUT2D eigenvalue weighted by Crippen LogP contribution is -2.63. The van der Waals surface area contributed by atoms with Crippen LogP contribution in [0.5, 0.6) is 0 Å². The number of rotatable bonds is 3. The Labute approximate surface area is 113 Å². The first kappa shape index (κ1) is 12.6. The van der Waals surface area contributed by atoms with Crippen molar-refractivity contribution in [2.45, 2.75) is 18.4 Å². The van der Waals surface area contributed by atoms with Crippen LogP contribution in [0.15, 0.2) is 12.1 Å². The van der Waals surface area contributed by atoms with Gasteiger partial charge in [-0.2, -0.15) is 0 Å². The number of nitro benzene ring substituents is 1. The van der Waals surface area contributed by atoms with Crippen molar-refractivity contribution in [1.29, 1.82) is 0 Å². The summed E-state index contributed by atoms with van der Waals surface area (Å²) in [5, 5.41) is 20.9. The maximum Gasteiger partial charge on any atom is 0.294 e. The topological polar surface area (TPSA) is 66.6 Å². The van der Waals surface area contributed by atoms with Crippen LogP contribution in [0.25, 0.3) is 0 Å². The van der Waals surface area contributed by atoms with Gasteiger partial charge in [0.1, 0.15) is 17.1 Å². The van der Waals surface area contributed by atoms with E-state index in [1.165, 1.54) is 0 Å². The van der Waals surface area contributed by atoms with Crippen molar-refractivity contribution in [2.24, 2.45) is 5.92 Å². The summed E-state index contributed by atoms with van der Waals surface area (Å²) in [6, 6.07) is 2.08. The van der Waals surface area contributed by atoms with Gasteiger partial charge in [-0.15, -0.1) is 0 Å². The fraction of sp³-hybridized carbons (Fsp3) is 0.500. The third kappa shape index (κ3) is 2.04. The van der Waals surface area contributed by atoms with Crippen LogP contribution >= 0.6 is 11.6 Å². The molecule has 1 aromatic rings. The average molecular weight is 287 g/mol. The number of anilines is 1. The predicted octanol–water partition coefficient (Wildman–Crippen LogP) is 2.35. The van der Waals surface area contributed by atoms with E-state index in [2.05, 4.69) is 0 Å². The largest absolute Gasteiger partial charge is 0.386 e. The van der Waals surface area contributed by atoms with Crippen molar-refractivity contribution in [1.82, 2.24) is 0 Å². The van der Waals surface area contributed by atoms with Crippen LogP contribution in [0.3, 0.4) is 0 Å². The van der Waals surface area contributed by atoms with Crippen LogP contribution in [0.2, 0.25) is 5.02 Å². The molecule has 7 heteroatoms. The maximum atomic E-state index is 13.5. The molecule has 19 heavy (non-hydrogen) atoms. The van der Waals surface area contributed by atoms with Crippen LogP contribution in [0, 0.1) is 21.8 Å². The lowest BCUT2D eigenvalue weighted by molar-refractivity contribution is -0.384. The van der Waals surface area contributed by atoms with E-state index in [0.29, 0.717) is 13.1 Å². The number of β-amino-alcohol motifs (C(OH)–C–C–N with tert-alkyl or cyclic N) is 1. The smallest absolute Gasteiger partial charge is 0.294 e. The monoisotopic (exact) mass is 286 g/mol. The first-order valence-electron chi connectivity index (χ1n) is 6.01. The zero-order valence-corrected chi connectivity index (χ0v) is 10.7. The number of hydrogen-bond donors (Lipinski definition) is 1. The SMILES string of the molecule is O=[N+]([O-])c1cc(Cl)c(F)cc1N1CC(O)(C2CC2)C1. The molecule has 1 saturated heterocycles. The lowest BCUT2D eigenvalue weighted by atomic mass is 9.88. The van der Waals surface area contributed by atoms with E-state index in [0.717, 1.165) is 25.0 Å². The molecule has 2 aliphatic rings. The van der Waals surface area contributed by atoms with Gasteiger partial charge in [0.15, 0.2) is 0 Å². The molecule has 3 rings (SSSR count). The van der Waals surface area contributed by atoms with Gasteiger partial charge in [0.05, 0.1) is 9.95 Å². The molecule has 1 aromatic carbocycles. The number of nitro groups is 1. The normalized spacial score (nSPS) is 21.1. The molecule has 0 spiro atoms. The Morgan fingerprint density at radius 3 is 2.63 bits per heavy atom. The maximum absolute atomic E-state index is 13.5. The Kier molecular flexibility index (Phi) is 2.69. The Balaban J connectivity index is 1.89. The van der Waals surface area contributed by atoms with Gasteiger partial charge in [-0.3, -0.25) is 10.1 Å². The highest BCUT2D eigenvalue weighted by molar-refractivity contribution is 6.31. The van der Waals surface area contributed by atoms with Crippen molar-refractivity contribution in [3.63, 3.8) is 0 Å². The molecule has 5 nitrogen and oxygen atoms in total. The summed E-state index contributed by atoms with van der Waals surface area (Å²) >= 11 is 5.56. The Bertz CT molecular complexity index is 556. The first-order valence-corrected chi connectivity index (χ1v) is 6.39. The summed E-state index contributed by atoms with van der Waals surface area (Å²) in [5.41, 5.74) is -0.828. The molecule has 0 amide bonds. The molecule has 1 aliphatic carbocycles. The van der Waals surface area contributed by atoms with Gasteiger partial charge < -0.3 is 10.0 Å². The third-order valence-electron chi connectivity index (χ3n) is 3.82. The molecule has 0 radical (unpaired) electrons. The van der Waals surface area contributed by atoms with Gasteiger partial charge in [0, 0.05) is 25.2 Å². The highest BCUT2D eigenvalue weighted by Crippen LogP contribution is 2.47. The first-order chi connectivity index (χ1) is 8.90. The van der Waals surface area contributed by atoms with E-state index in [4.69, 9.17) is 11.6 Å². The quantitative estimate of drug-likeness (QED) is 0.684. The minimum absolute atomic E-state index is 0.178. The van der Waals surface area contributed by atoms with Crippen molar-refractivity contribution < 1.29 is 14.4 Å². The molecule has 0 atom stereocenters. The van der Waals surface area contributed by atoms with Gasteiger partial charge in [0.25, 0.3) is 5.69 Å². The van der Waals surface area contributed by atoms with E-state index < -0.39 is 16.3 Å². The van der Waals surface area contributed by atoms with Crippen molar-refractivity contribution >= 4 is 23.0 Å². The number of benzene rings is 1. The average Bonchev–Trinajstić information content (AvgIpc) is 3.12. The molecule has 1 N–H and O–H groups in total. The molecule has 0 aromatic heterocycles. The Morgan fingerprint density at radius 1 is 1.47 bits per heavy atom. The van der Waals surface area contributed by atoms with Gasteiger partial charge in [-0.05, 0) is 18.8 Å². The summed E-state index contributed by atoms with van der Waals surface area (Å²) < 4.78 is 13.5. The van der Waals surface area contributed by atoms with E-state index in [1.807, 2.05) is 0 Å². The zero-order chi connectivity index (χ0) is 13.8.